The van der Waals surface area contributed by atoms with E-state index in [9.17, 15) is 75.4 Å². The number of anilines is 1. The van der Waals surface area contributed by atoms with Crippen molar-refractivity contribution in [2.24, 2.45) is 5.92 Å². The molecule has 1 amide bonds. The molecule has 8 nitrogen and oxygen atoms in total. The predicted octanol–water partition coefficient (Wildman–Crippen LogP) is 14.6. The summed E-state index contributed by atoms with van der Waals surface area (Å²) in [5.74, 6) is -57.4. The number of ether oxygens (including phenoxy) is 4. The first-order valence-electron chi connectivity index (χ1n) is 21.0. The van der Waals surface area contributed by atoms with Gasteiger partial charge >= 0.3 is 59.7 Å². The number of allylic oxidation sites excluding steroid dienone is 2. The number of carbonyl (C=O) groups excluding carboxylic acids is 2. The molecule has 0 bridgehead atoms. The fraction of sp³-hybridized carbons (Fsp3) is 0.591. The van der Waals surface area contributed by atoms with Gasteiger partial charge in [-0.15, -0.1) is 0 Å². The van der Waals surface area contributed by atoms with E-state index in [2.05, 4.69) is 5.32 Å². The Kier molecular flexibility index (Phi) is 20.0. The second kappa shape index (κ2) is 22.8. The Morgan fingerprint density at radius 1 is 0.643 bits per heavy atom. The van der Waals surface area contributed by atoms with Crippen LogP contribution in [0, 0.1) is 5.92 Å². The van der Waals surface area contributed by atoms with Crippen LogP contribution >= 0.6 is 0 Å². The number of methoxy groups -OCH3 is 1. The molecule has 0 aliphatic rings. The molecule has 26 heteroatoms. The van der Waals surface area contributed by atoms with Crippen molar-refractivity contribution in [2.45, 2.75) is 133 Å². The van der Waals surface area contributed by atoms with Crippen LogP contribution in [0.15, 0.2) is 71.8 Å². The summed E-state index contributed by atoms with van der Waals surface area (Å²) >= 11 is 0. The lowest BCUT2D eigenvalue weighted by atomic mass is 9.88. The van der Waals surface area contributed by atoms with E-state index in [1.807, 2.05) is 0 Å². The Hall–Kier alpha value is -4.75. The van der Waals surface area contributed by atoms with E-state index in [1.165, 1.54) is 65.1 Å². The summed E-state index contributed by atoms with van der Waals surface area (Å²) in [4.78, 5) is 25.2. The molecule has 0 aliphatic heterocycles. The first kappa shape index (κ1) is 61.4. The molecule has 2 aromatic rings. The second-order valence-corrected chi connectivity index (χ2v) is 21.7. The number of esters is 1. The molecule has 2 aromatic carbocycles. The van der Waals surface area contributed by atoms with Crippen molar-refractivity contribution in [3.63, 3.8) is 0 Å². The quantitative estimate of drug-likeness (QED) is 0.0264. The molecule has 398 valence electrons. The third kappa shape index (κ3) is 12.8. The predicted molar refractivity (Wildman–Crippen MR) is 223 cm³/mol. The molecule has 2 atom stereocenters. The van der Waals surface area contributed by atoms with Gasteiger partial charge in [0.25, 0.3) is 0 Å². The van der Waals surface area contributed by atoms with Gasteiger partial charge in [-0.1, -0.05) is 58.4 Å². The van der Waals surface area contributed by atoms with E-state index in [4.69, 9.17) is 23.4 Å². The summed E-state index contributed by atoms with van der Waals surface area (Å²) in [5, 5.41) is 2.60. The summed E-state index contributed by atoms with van der Waals surface area (Å²) in [6.45, 7) is 11.2. The highest BCUT2D eigenvalue weighted by atomic mass is 28.4. The number of nitrogens with one attached hydrogen (secondary N) is 1. The maximum absolute atomic E-state index is 15.1. The van der Waals surface area contributed by atoms with Crippen molar-refractivity contribution in [2.75, 3.05) is 32.2 Å². The summed E-state index contributed by atoms with van der Waals surface area (Å²) in [5.41, 5.74) is 0.169. The average Bonchev–Trinajstić information content (AvgIpc) is 3.24. The zero-order chi connectivity index (χ0) is 54.3. The van der Waals surface area contributed by atoms with E-state index < -0.39 is 117 Å². The van der Waals surface area contributed by atoms with Crippen molar-refractivity contribution < 1.29 is 108 Å². The normalized spacial score (nSPS) is 15.2. The average molecular weight is 1060 g/mol. The van der Waals surface area contributed by atoms with Crippen LogP contribution in [0.3, 0.4) is 0 Å². The molecule has 0 fully saturated rings. The highest BCUT2D eigenvalue weighted by Gasteiger charge is 2.95. The zero-order valence-corrected chi connectivity index (χ0v) is 39.9. The molecule has 0 aliphatic carbocycles. The fourth-order valence-electron chi connectivity index (χ4n) is 7.04. The van der Waals surface area contributed by atoms with Crippen molar-refractivity contribution in [1.82, 2.24) is 0 Å². The minimum atomic E-state index is -8.70. The molecule has 0 aromatic heterocycles. The van der Waals surface area contributed by atoms with Gasteiger partial charge < -0.3 is 23.4 Å². The maximum Gasteiger partial charge on any atom is 0.460 e. The van der Waals surface area contributed by atoms with Crippen LogP contribution in [0.2, 0.25) is 17.1 Å². The van der Waals surface area contributed by atoms with Gasteiger partial charge in [0.1, 0.15) is 24.2 Å². The van der Waals surface area contributed by atoms with Crippen LogP contribution in [0.25, 0.3) is 0 Å². The Bertz CT molecular complexity index is 2100. The number of benzene rings is 2. The number of carbonyl (C=O) groups is 2. The van der Waals surface area contributed by atoms with Gasteiger partial charge in [-0.05, 0) is 85.4 Å². The van der Waals surface area contributed by atoms with Crippen LogP contribution in [0.1, 0.15) is 73.5 Å². The third-order valence-corrected chi connectivity index (χ3v) is 17.0. The van der Waals surface area contributed by atoms with Gasteiger partial charge in [-0.25, -0.2) is 9.59 Å². The highest BCUT2D eigenvalue weighted by molar-refractivity contribution is 6.76. The van der Waals surface area contributed by atoms with Crippen molar-refractivity contribution in [3.05, 3.63) is 77.4 Å². The maximum atomic E-state index is 15.1. The Morgan fingerprint density at radius 3 is 1.57 bits per heavy atom. The molecule has 2 rings (SSSR count). The smallest absolute Gasteiger partial charge is 0.460 e. The summed E-state index contributed by atoms with van der Waals surface area (Å²) in [7, 11) is -2.58. The van der Waals surface area contributed by atoms with Gasteiger partial charge in [0, 0.05) is 24.1 Å². The van der Waals surface area contributed by atoms with Crippen LogP contribution in [0.5, 0.6) is 11.5 Å². The van der Waals surface area contributed by atoms with Crippen molar-refractivity contribution >= 4 is 26.1 Å². The first-order chi connectivity index (χ1) is 31.8. The van der Waals surface area contributed by atoms with Gasteiger partial charge in [0.2, 0.25) is 0 Å². The van der Waals surface area contributed by atoms with E-state index in [0.717, 1.165) is 0 Å². The molecular formula is C44H52F17NO7Si. The largest absolute Gasteiger partial charge is 0.497 e. The van der Waals surface area contributed by atoms with Crippen molar-refractivity contribution in [3.8, 4) is 11.5 Å². The third-order valence-electron chi connectivity index (χ3n) is 11.3. The van der Waals surface area contributed by atoms with E-state index in [1.54, 1.807) is 58.0 Å². The van der Waals surface area contributed by atoms with Gasteiger partial charge in [-0.2, -0.15) is 74.6 Å². The molecule has 0 saturated carbocycles. The highest BCUT2D eigenvalue weighted by Crippen LogP contribution is 2.64. The Morgan fingerprint density at radius 2 is 1.11 bits per heavy atom. The Balaban J connectivity index is 2.36. The lowest BCUT2D eigenvalue weighted by Crippen LogP contribution is -2.74. The van der Waals surface area contributed by atoms with Gasteiger partial charge in [0.05, 0.1) is 20.3 Å². The van der Waals surface area contributed by atoms with Crippen LogP contribution in [0.4, 0.5) is 85.1 Å². The second-order valence-electron chi connectivity index (χ2n) is 16.7. The topological polar surface area (TPSA) is 92.3 Å². The molecule has 0 unspecified atom stereocenters. The summed E-state index contributed by atoms with van der Waals surface area (Å²) in [6.07, 6.45) is -9.31. The van der Waals surface area contributed by atoms with Crippen LogP contribution < -0.4 is 14.8 Å². The number of amides is 1. The number of rotatable bonds is 25. The van der Waals surface area contributed by atoms with E-state index in [0.29, 0.717) is 28.1 Å². The molecule has 0 spiro atoms. The van der Waals surface area contributed by atoms with Gasteiger partial charge in [0.15, 0.2) is 8.32 Å². The molecule has 0 saturated heterocycles. The Labute approximate surface area is 393 Å². The minimum absolute atomic E-state index is 0.119. The standard InChI is InChI=1S/C44H52F17NO7Si/c1-10-66-34(63)24-27(6)23-28(7)29(8)35(69-36(64)62-31-13-17-32(65-9)18-14-31)30-11-15-33(16-12-30)67-20-21-68-70(25(2)3,26(4)5)22-19-37(45,46)38(47,48)39(49,50)40(51,52)41(53,54)42(55,56)43(57,58)44(59,60)61/h11-18,23-26,29,35H,10,19-22H2,1-9H3,(H,62,64)/b27-24+,28-23+/t29-,35+/m1/s1. The molecule has 0 heterocycles. The lowest BCUT2D eigenvalue weighted by molar-refractivity contribution is -0.461. The monoisotopic (exact) mass is 1060 g/mol. The molecule has 1 N–H and O–H groups in total. The van der Waals surface area contributed by atoms with Crippen LogP contribution in [-0.4, -0.2) is 94.9 Å². The molecular weight excluding hydrogens is 1010 g/mol. The first-order valence-corrected chi connectivity index (χ1v) is 23.3. The SMILES string of the molecule is CCOC(=O)/C=C(C)/C=C(\C)[C@@H](C)[C@H](OC(=O)Nc1ccc(OC)cc1)c1ccc(OCCO[Si](CCC(F)(F)C(F)(F)C(F)(F)C(F)(F)C(F)(F)C(F)(F)C(F)(F)C(F)(F)F)(C(C)C)C(C)C)cc1. The van der Waals surface area contributed by atoms with Gasteiger partial charge in [-0.3, -0.25) is 5.32 Å². The number of hydrogen-bond donors (Lipinski definition) is 1. The number of halogens is 17. The zero-order valence-electron chi connectivity index (χ0n) is 38.9. The molecule has 70 heavy (non-hydrogen) atoms. The molecule has 0 radical (unpaired) electrons. The lowest BCUT2D eigenvalue weighted by Gasteiger charge is -2.44. The summed E-state index contributed by atoms with van der Waals surface area (Å²) < 4.78 is 264. The number of alkyl halides is 17. The van der Waals surface area contributed by atoms with Crippen molar-refractivity contribution in [1.29, 1.82) is 0 Å². The fourth-order valence-corrected chi connectivity index (χ4v) is 11.5. The van der Waals surface area contributed by atoms with Crippen LogP contribution in [-0.2, 0) is 18.7 Å². The number of hydrogen-bond acceptors (Lipinski definition) is 7. The van der Waals surface area contributed by atoms with E-state index >= 15 is 8.78 Å². The minimum Gasteiger partial charge on any atom is -0.497 e. The summed E-state index contributed by atoms with van der Waals surface area (Å²) in [6, 6.07) is 10.8. The van der Waals surface area contributed by atoms with E-state index in [-0.39, 0.29) is 12.4 Å².